The minimum atomic E-state index is -0.445. The van der Waals surface area contributed by atoms with Crippen LogP contribution >= 0.6 is 0 Å². The van der Waals surface area contributed by atoms with Crippen LogP contribution in [0, 0.1) is 0 Å². The number of ether oxygens (including phenoxy) is 3. The van der Waals surface area contributed by atoms with Gasteiger partial charge in [-0.1, -0.05) is 30.3 Å². The molecule has 39 heavy (non-hydrogen) atoms. The number of esters is 1. The molecule has 3 atom stereocenters. The predicted octanol–water partition coefficient (Wildman–Crippen LogP) is 4.86. The normalized spacial score (nSPS) is 25.1. The van der Waals surface area contributed by atoms with Crippen molar-refractivity contribution >= 4 is 18.0 Å². The maximum atomic E-state index is 13.3. The molecule has 1 aliphatic carbocycles. The Morgan fingerprint density at radius 3 is 2.62 bits per heavy atom. The second-order valence-electron chi connectivity index (χ2n) is 10.6. The Morgan fingerprint density at radius 1 is 1.13 bits per heavy atom. The van der Waals surface area contributed by atoms with Crippen LogP contribution in [0.5, 0.6) is 11.5 Å². The Balaban J connectivity index is 1.65. The van der Waals surface area contributed by atoms with Gasteiger partial charge in [0.25, 0.3) is 0 Å². The van der Waals surface area contributed by atoms with E-state index in [2.05, 4.69) is 17.5 Å². The molecule has 1 saturated carbocycles. The summed E-state index contributed by atoms with van der Waals surface area (Å²) in [4.78, 5) is 29.3. The van der Waals surface area contributed by atoms with Crippen LogP contribution in [0.3, 0.4) is 0 Å². The number of carbonyl (C=O) groups excluding carboxylic acids is 2. The highest BCUT2D eigenvalue weighted by Gasteiger charge is 2.59. The zero-order chi connectivity index (χ0) is 28.0. The topological polar surface area (TPSA) is 68.3 Å². The first-order valence-corrected chi connectivity index (χ1v) is 13.5. The van der Waals surface area contributed by atoms with Gasteiger partial charge in [-0.2, -0.15) is 0 Å². The molecule has 7 heteroatoms. The monoisotopic (exact) mass is 532 g/mol. The van der Waals surface area contributed by atoms with E-state index in [-0.39, 0.29) is 23.3 Å². The number of amides is 1. The van der Waals surface area contributed by atoms with E-state index < -0.39 is 5.60 Å². The number of benzene rings is 2. The van der Waals surface area contributed by atoms with E-state index in [0.717, 1.165) is 62.2 Å². The molecule has 1 saturated heterocycles. The lowest BCUT2D eigenvalue weighted by Crippen LogP contribution is -2.68. The average molecular weight is 533 g/mol. The van der Waals surface area contributed by atoms with Crippen molar-refractivity contribution in [1.29, 1.82) is 0 Å². The number of hydrogen-bond acceptors (Lipinski definition) is 6. The van der Waals surface area contributed by atoms with Crippen molar-refractivity contribution in [3.05, 3.63) is 78.4 Å². The number of piperidine rings is 1. The lowest BCUT2D eigenvalue weighted by atomic mass is 9.55. The van der Waals surface area contributed by atoms with Gasteiger partial charge in [0, 0.05) is 51.7 Å². The third-order valence-corrected chi connectivity index (χ3v) is 8.51. The SMILES string of the molecule is C=CCN1CC[C@@]2(c3cccc(OC(C)=O)c3)C[C@H](N(C)C(=O)C=Cc3cccc(OC)c3)CC[C@]2(OC)C1. The van der Waals surface area contributed by atoms with Crippen molar-refractivity contribution in [2.45, 2.75) is 49.7 Å². The molecule has 1 heterocycles. The molecular formula is C32H40N2O5. The Bertz CT molecular complexity index is 1230. The van der Waals surface area contributed by atoms with Crippen molar-refractivity contribution in [2.75, 3.05) is 40.9 Å². The highest BCUT2D eigenvalue weighted by Crippen LogP contribution is 2.54. The van der Waals surface area contributed by atoms with Gasteiger partial charge in [0.1, 0.15) is 11.5 Å². The van der Waals surface area contributed by atoms with E-state index in [1.54, 1.807) is 20.3 Å². The second-order valence-corrected chi connectivity index (χ2v) is 10.6. The number of rotatable bonds is 9. The van der Waals surface area contributed by atoms with Crippen LogP contribution in [0.25, 0.3) is 6.08 Å². The van der Waals surface area contributed by atoms with Crippen molar-refractivity contribution in [2.24, 2.45) is 0 Å². The number of methoxy groups -OCH3 is 2. The zero-order valence-corrected chi connectivity index (χ0v) is 23.5. The van der Waals surface area contributed by atoms with Gasteiger partial charge < -0.3 is 19.1 Å². The highest BCUT2D eigenvalue weighted by atomic mass is 16.5. The summed E-state index contributed by atoms with van der Waals surface area (Å²) < 4.78 is 17.2. The molecule has 4 rings (SSSR count). The van der Waals surface area contributed by atoms with Crippen molar-refractivity contribution in [3.63, 3.8) is 0 Å². The standard InChI is InChI=1S/C32H40N2O5/c1-6-18-34-19-17-31(26-10-8-12-29(21-26)39-24(2)35)22-27(15-16-32(31,23-34)38-5)33(3)30(36)14-13-25-9-7-11-28(20-25)37-4/h6-14,20-21,27H,1,15-19,22-23H2,2-5H3/t27-,31+,32+/m1/s1. The number of likely N-dealkylation sites (N-methyl/N-ethyl adjacent to an activating group) is 1. The lowest BCUT2D eigenvalue weighted by Gasteiger charge is -2.60. The van der Waals surface area contributed by atoms with Crippen LogP contribution in [0.15, 0.2) is 67.3 Å². The average Bonchev–Trinajstić information content (AvgIpc) is 2.95. The summed E-state index contributed by atoms with van der Waals surface area (Å²) in [5.74, 6) is 0.890. The van der Waals surface area contributed by atoms with Gasteiger partial charge >= 0.3 is 5.97 Å². The van der Waals surface area contributed by atoms with Crippen molar-refractivity contribution < 1.29 is 23.8 Å². The summed E-state index contributed by atoms with van der Waals surface area (Å²) >= 11 is 0. The molecule has 2 aromatic carbocycles. The van der Waals surface area contributed by atoms with Crippen LogP contribution in [0.1, 0.15) is 43.7 Å². The molecule has 208 valence electrons. The van der Waals surface area contributed by atoms with Gasteiger partial charge in [0.05, 0.1) is 12.7 Å². The van der Waals surface area contributed by atoms with Gasteiger partial charge in [0.2, 0.25) is 5.91 Å². The van der Waals surface area contributed by atoms with E-state index in [1.807, 2.05) is 66.6 Å². The van der Waals surface area contributed by atoms with E-state index >= 15 is 0 Å². The number of carbonyl (C=O) groups is 2. The first-order chi connectivity index (χ1) is 18.8. The fourth-order valence-electron chi connectivity index (χ4n) is 6.47. The fourth-order valence-corrected chi connectivity index (χ4v) is 6.47. The first kappa shape index (κ1) is 28.6. The van der Waals surface area contributed by atoms with Crippen LogP contribution in [-0.2, 0) is 19.7 Å². The number of likely N-dealkylation sites (tertiary alicyclic amines) is 1. The van der Waals surface area contributed by atoms with Crippen LogP contribution in [0.2, 0.25) is 0 Å². The van der Waals surface area contributed by atoms with E-state index in [1.165, 1.54) is 6.92 Å². The minimum Gasteiger partial charge on any atom is -0.497 e. The number of nitrogens with zero attached hydrogens (tertiary/aromatic N) is 2. The van der Waals surface area contributed by atoms with E-state index in [0.29, 0.717) is 5.75 Å². The molecule has 2 fully saturated rings. The second kappa shape index (κ2) is 12.2. The minimum absolute atomic E-state index is 0.0269. The predicted molar refractivity (Wildman–Crippen MR) is 153 cm³/mol. The number of fused-ring (bicyclic) bond motifs is 1. The summed E-state index contributed by atoms with van der Waals surface area (Å²) in [6.07, 6.45) is 8.64. The van der Waals surface area contributed by atoms with E-state index in [9.17, 15) is 9.59 Å². The van der Waals surface area contributed by atoms with Gasteiger partial charge in [-0.05, 0) is 73.7 Å². The molecule has 0 unspecified atom stereocenters. The quantitative estimate of drug-likeness (QED) is 0.199. The summed E-state index contributed by atoms with van der Waals surface area (Å²) in [6.45, 7) is 7.80. The van der Waals surface area contributed by atoms with Gasteiger partial charge in [0.15, 0.2) is 0 Å². The van der Waals surface area contributed by atoms with Crippen LogP contribution in [0.4, 0.5) is 0 Å². The first-order valence-electron chi connectivity index (χ1n) is 13.5. The third kappa shape index (κ3) is 5.94. The number of hydrogen-bond donors (Lipinski definition) is 0. The Kier molecular flexibility index (Phi) is 8.93. The van der Waals surface area contributed by atoms with Crippen molar-refractivity contribution in [1.82, 2.24) is 9.80 Å². The summed E-state index contributed by atoms with van der Waals surface area (Å²) in [5, 5.41) is 0. The van der Waals surface area contributed by atoms with Gasteiger partial charge in [-0.15, -0.1) is 6.58 Å². The van der Waals surface area contributed by atoms with Gasteiger partial charge in [-0.3, -0.25) is 14.5 Å². The van der Waals surface area contributed by atoms with Crippen LogP contribution in [-0.4, -0.2) is 74.2 Å². The molecule has 0 spiro atoms. The molecule has 2 aromatic rings. The molecule has 2 aliphatic rings. The third-order valence-electron chi connectivity index (χ3n) is 8.51. The molecule has 1 aliphatic heterocycles. The Morgan fingerprint density at radius 2 is 1.90 bits per heavy atom. The van der Waals surface area contributed by atoms with E-state index in [4.69, 9.17) is 14.2 Å². The Labute approximate surface area is 232 Å². The smallest absolute Gasteiger partial charge is 0.308 e. The summed E-state index contributed by atoms with van der Waals surface area (Å²) in [5.41, 5.74) is 1.19. The molecular weight excluding hydrogens is 492 g/mol. The molecule has 0 N–H and O–H groups in total. The van der Waals surface area contributed by atoms with Gasteiger partial charge in [-0.25, -0.2) is 0 Å². The maximum Gasteiger partial charge on any atom is 0.308 e. The molecule has 0 aromatic heterocycles. The Hall–Kier alpha value is -3.42. The molecule has 0 bridgehead atoms. The van der Waals surface area contributed by atoms with Crippen LogP contribution < -0.4 is 9.47 Å². The summed E-state index contributed by atoms with van der Waals surface area (Å²) in [7, 11) is 5.32. The molecule has 1 amide bonds. The van der Waals surface area contributed by atoms with Crippen molar-refractivity contribution in [3.8, 4) is 11.5 Å². The zero-order valence-electron chi connectivity index (χ0n) is 23.5. The maximum absolute atomic E-state index is 13.3. The molecule has 7 nitrogen and oxygen atoms in total. The fraction of sp³-hybridized carbons (Fsp3) is 0.438. The largest absolute Gasteiger partial charge is 0.497 e. The molecule has 0 radical (unpaired) electrons. The highest BCUT2D eigenvalue weighted by molar-refractivity contribution is 5.91. The lowest BCUT2D eigenvalue weighted by molar-refractivity contribution is -0.157. The summed E-state index contributed by atoms with van der Waals surface area (Å²) in [6, 6.07) is 15.5.